The van der Waals surface area contributed by atoms with E-state index in [0.29, 0.717) is 24.7 Å². The molecule has 5 nitrogen and oxygen atoms in total. The first kappa shape index (κ1) is 13.8. The lowest BCUT2D eigenvalue weighted by molar-refractivity contribution is 0.269. The van der Waals surface area contributed by atoms with Crippen molar-refractivity contribution in [2.24, 2.45) is 0 Å². The Kier molecular flexibility index (Phi) is 4.24. The quantitative estimate of drug-likeness (QED) is 0.863. The van der Waals surface area contributed by atoms with E-state index >= 15 is 0 Å². The Labute approximate surface area is 112 Å². The molecule has 100 valence electrons. The summed E-state index contributed by atoms with van der Waals surface area (Å²) < 4.78 is 27.8. The molecular formula is C11H16ClN3O2S. The topological polar surface area (TPSA) is 61.4 Å². The third kappa shape index (κ3) is 2.67. The first-order valence-electron chi connectivity index (χ1n) is 5.71. The highest BCUT2D eigenvalue weighted by Crippen LogP contribution is 2.29. The van der Waals surface area contributed by atoms with Crippen LogP contribution in [0.1, 0.15) is 11.6 Å². The van der Waals surface area contributed by atoms with Gasteiger partial charge in [-0.15, -0.1) is 0 Å². The summed E-state index contributed by atoms with van der Waals surface area (Å²) in [5.74, 6) is 0. The molecule has 1 unspecified atom stereocenters. The van der Waals surface area contributed by atoms with Gasteiger partial charge in [0, 0.05) is 31.7 Å². The van der Waals surface area contributed by atoms with Gasteiger partial charge in [0.2, 0.25) is 0 Å². The lowest BCUT2D eigenvalue weighted by atomic mass is 10.1. The van der Waals surface area contributed by atoms with Crippen molar-refractivity contribution in [3.8, 4) is 0 Å². The molecule has 1 saturated heterocycles. The summed E-state index contributed by atoms with van der Waals surface area (Å²) in [6.07, 6.45) is 0. The molecule has 1 aromatic carbocycles. The van der Waals surface area contributed by atoms with E-state index in [1.54, 1.807) is 6.07 Å². The first-order chi connectivity index (χ1) is 8.56. The zero-order valence-electron chi connectivity index (χ0n) is 10.1. The van der Waals surface area contributed by atoms with Gasteiger partial charge in [0.15, 0.2) is 0 Å². The van der Waals surface area contributed by atoms with Gasteiger partial charge in [0.1, 0.15) is 0 Å². The Morgan fingerprint density at radius 1 is 1.44 bits per heavy atom. The van der Waals surface area contributed by atoms with Gasteiger partial charge in [-0.1, -0.05) is 29.8 Å². The van der Waals surface area contributed by atoms with Gasteiger partial charge in [0.05, 0.1) is 6.04 Å². The van der Waals surface area contributed by atoms with Crippen LogP contribution in [0, 0.1) is 0 Å². The third-order valence-corrected chi connectivity index (χ3v) is 4.94. The number of nitrogens with one attached hydrogen (secondary N) is 2. The van der Waals surface area contributed by atoms with Gasteiger partial charge >= 0.3 is 0 Å². The fourth-order valence-corrected chi connectivity index (χ4v) is 3.45. The van der Waals surface area contributed by atoms with Crippen molar-refractivity contribution in [2.45, 2.75) is 6.04 Å². The van der Waals surface area contributed by atoms with Crippen LogP contribution in [-0.4, -0.2) is 39.4 Å². The molecule has 0 aromatic heterocycles. The maximum Gasteiger partial charge on any atom is 0.279 e. The van der Waals surface area contributed by atoms with Gasteiger partial charge in [-0.05, 0) is 11.6 Å². The Balaban J connectivity index is 2.38. The summed E-state index contributed by atoms with van der Waals surface area (Å²) in [5.41, 5.74) is 0.824. The number of hydrogen-bond donors (Lipinski definition) is 2. The first-order valence-corrected chi connectivity index (χ1v) is 7.53. The van der Waals surface area contributed by atoms with Crippen LogP contribution < -0.4 is 10.0 Å². The SMILES string of the molecule is CNS(=O)(=O)N1CCNCC1c1ccccc1Cl. The second kappa shape index (κ2) is 5.54. The summed E-state index contributed by atoms with van der Waals surface area (Å²) in [6.45, 7) is 1.63. The van der Waals surface area contributed by atoms with Crippen LogP contribution in [0.5, 0.6) is 0 Å². The molecule has 0 aliphatic carbocycles. The van der Waals surface area contributed by atoms with Crippen molar-refractivity contribution in [3.63, 3.8) is 0 Å². The Hall–Kier alpha value is -0.660. The fraction of sp³-hybridized carbons (Fsp3) is 0.455. The molecule has 1 atom stereocenters. The lowest BCUT2D eigenvalue weighted by Crippen LogP contribution is -2.51. The average molecular weight is 290 g/mol. The summed E-state index contributed by atoms with van der Waals surface area (Å²) in [7, 11) is -2.03. The van der Waals surface area contributed by atoms with Gasteiger partial charge in [0.25, 0.3) is 10.2 Å². The number of piperazine rings is 1. The van der Waals surface area contributed by atoms with E-state index in [1.165, 1.54) is 11.4 Å². The molecular weight excluding hydrogens is 274 g/mol. The molecule has 1 aliphatic rings. The van der Waals surface area contributed by atoms with Gasteiger partial charge < -0.3 is 5.32 Å². The van der Waals surface area contributed by atoms with Crippen molar-refractivity contribution in [2.75, 3.05) is 26.7 Å². The van der Waals surface area contributed by atoms with Crippen LogP contribution in [0.25, 0.3) is 0 Å². The minimum atomic E-state index is -3.45. The van der Waals surface area contributed by atoms with Gasteiger partial charge in [-0.3, -0.25) is 0 Å². The molecule has 7 heteroatoms. The van der Waals surface area contributed by atoms with Crippen LogP contribution in [0.3, 0.4) is 0 Å². The highest BCUT2D eigenvalue weighted by molar-refractivity contribution is 7.87. The molecule has 0 radical (unpaired) electrons. The Morgan fingerprint density at radius 2 is 2.17 bits per heavy atom. The smallest absolute Gasteiger partial charge is 0.279 e. The van der Waals surface area contributed by atoms with Crippen LogP contribution in [-0.2, 0) is 10.2 Å². The third-order valence-electron chi connectivity index (χ3n) is 3.03. The predicted molar refractivity (Wildman–Crippen MR) is 71.7 cm³/mol. The maximum atomic E-state index is 12.0. The van der Waals surface area contributed by atoms with Crippen LogP contribution in [0.4, 0.5) is 0 Å². The zero-order valence-corrected chi connectivity index (χ0v) is 11.6. The summed E-state index contributed by atoms with van der Waals surface area (Å²) >= 11 is 6.15. The number of nitrogens with zero attached hydrogens (tertiary/aromatic N) is 1. The van der Waals surface area contributed by atoms with E-state index in [0.717, 1.165) is 5.56 Å². The van der Waals surface area contributed by atoms with Crippen molar-refractivity contribution in [3.05, 3.63) is 34.9 Å². The summed E-state index contributed by atoms with van der Waals surface area (Å²) in [6, 6.07) is 7.05. The van der Waals surface area contributed by atoms with Crippen molar-refractivity contribution >= 4 is 21.8 Å². The monoisotopic (exact) mass is 289 g/mol. The van der Waals surface area contributed by atoms with Crippen molar-refractivity contribution in [1.82, 2.24) is 14.3 Å². The Bertz CT molecular complexity index is 521. The molecule has 0 spiro atoms. The average Bonchev–Trinajstić information content (AvgIpc) is 2.39. The summed E-state index contributed by atoms with van der Waals surface area (Å²) in [5, 5.41) is 3.78. The minimum absolute atomic E-state index is 0.273. The second-order valence-electron chi connectivity index (χ2n) is 4.06. The fourth-order valence-electron chi connectivity index (χ4n) is 2.10. The molecule has 18 heavy (non-hydrogen) atoms. The van der Waals surface area contributed by atoms with E-state index in [2.05, 4.69) is 10.0 Å². The molecule has 0 bridgehead atoms. The standard InChI is InChI=1S/C11H16ClN3O2S/c1-13-18(16,17)15-7-6-14-8-11(15)9-4-2-3-5-10(9)12/h2-5,11,13-14H,6-8H2,1H3. The van der Waals surface area contributed by atoms with Crippen molar-refractivity contribution < 1.29 is 8.42 Å². The summed E-state index contributed by atoms with van der Waals surface area (Å²) in [4.78, 5) is 0. The van der Waals surface area contributed by atoms with E-state index in [4.69, 9.17) is 11.6 Å². The van der Waals surface area contributed by atoms with Crippen molar-refractivity contribution in [1.29, 1.82) is 0 Å². The normalized spacial score (nSPS) is 22.0. The molecule has 1 fully saturated rings. The lowest BCUT2D eigenvalue weighted by Gasteiger charge is -2.35. The molecule has 2 N–H and O–H groups in total. The van der Waals surface area contributed by atoms with Gasteiger partial charge in [-0.25, -0.2) is 4.72 Å². The molecule has 1 heterocycles. The second-order valence-corrected chi connectivity index (χ2v) is 6.30. The number of benzene rings is 1. The van der Waals surface area contributed by atoms with E-state index in [1.807, 2.05) is 18.2 Å². The van der Waals surface area contributed by atoms with Crippen LogP contribution in [0.15, 0.2) is 24.3 Å². The van der Waals surface area contributed by atoms with Crippen LogP contribution in [0.2, 0.25) is 5.02 Å². The largest absolute Gasteiger partial charge is 0.313 e. The highest BCUT2D eigenvalue weighted by Gasteiger charge is 2.33. The van der Waals surface area contributed by atoms with E-state index in [-0.39, 0.29) is 6.04 Å². The molecule has 2 rings (SSSR count). The van der Waals surface area contributed by atoms with Gasteiger partial charge in [-0.2, -0.15) is 12.7 Å². The number of rotatable bonds is 3. The zero-order chi connectivity index (χ0) is 13.2. The molecule has 1 aromatic rings. The predicted octanol–water partition coefficient (Wildman–Crippen LogP) is 0.751. The van der Waals surface area contributed by atoms with E-state index in [9.17, 15) is 8.42 Å². The Morgan fingerprint density at radius 3 is 2.83 bits per heavy atom. The molecule has 1 aliphatic heterocycles. The molecule has 0 amide bonds. The minimum Gasteiger partial charge on any atom is -0.313 e. The number of halogens is 1. The number of hydrogen-bond acceptors (Lipinski definition) is 3. The van der Waals surface area contributed by atoms with Crippen LogP contribution >= 0.6 is 11.6 Å². The maximum absolute atomic E-state index is 12.0. The van der Waals surface area contributed by atoms with E-state index < -0.39 is 10.2 Å². The highest BCUT2D eigenvalue weighted by atomic mass is 35.5. The molecule has 0 saturated carbocycles.